The minimum Gasteiger partial charge on any atom is -0.364 e. The van der Waals surface area contributed by atoms with Crippen LogP contribution in [0.1, 0.15) is 10.5 Å². The monoisotopic (exact) mass is 196 g/mol. The molecule has 0 unspecified atom stereocenters. The number of aromatic nitrogens is 1. The Morgan fingerprint density at radius 1 is 1.29 bits per heavy atom. The molecule has 0 radical (unpaired) electrons. The summed E-state index contributed by atoms with van der Waals surface area (Å²) in [6.07, 6.45) is 0. The van der Waals surface area contributed by atoms with Crippen molar-refractivity contribution in [1.29, 1.82) is 0 Å². The van der Waals surface area contributed by atoms with Gasteiger partial charge in [0.15, 0.2) is 0 Å². The molecular formula is C9H6F2N2O. The molecule has 1 heterocycles. The van der Waals surface area contributed by atoms with Gasteiger partial charge in [-0.05, 0) is 18.2 Å². The quantitative estimate of drug-likeness (QED) is 0.714. The van der Waals surface area contributed by atoms with Gasteiger partial charge in [0, 0.05) is 5.39 Å². The largest absolute Gasteiger partial charge is 0.364 e. The first-order valence-corrected chi connectivity index (χ1v) is 3.86. The van der Waals surface area contributed by atoms with Crippen LogP contribution in [0.2, 0.25) is 0 Å². The molecule has 0 saturated carbocycles. The van der Waals surface area contributed by atoms with Gasteiger partial charge in [0.05, 0.1) is 5.52 Å². The second-order valence-electron chi connectivity index (χ2n) is 2.87. The lowest BCUT2D eigenvalue weighted by atomic mass is 10.2. The van der Waals surface area contributed by atoms with Crippen LogP contribution in [0.15, 0.2) is 18.2 Å². The highest BCUT2D eigenvalue weighted by molar-refractivity contribution is 5.97. The number of nitrogens with two attached hydrogens (primary N) is 1. The number of aromatic amines is 1. The standard InChI is InChI=1S/C9H6F2N2O/c10-5-1-2-6(11)8-4(5)3-7(13-8)9(12)14/h1-3,13H,(H2,12,14). The average molecular weight is 196 g/mol. The number of fused-ring (bicyclic) bond motifs is 1. The minimum atomic E-state index is -0.750. The van der Waals surface area contributed by atoms with E-state index in [4.69, 9.17) is 5.73 Å². The van der Waals surface area contributed by atoms with E-state index in [1.807, 2.05) is 0 Å². The van der Waals surface area contributed by atoms with Crippen LogP contribution < -0.4 is 5.73 Å². The number of hydrogen-bond acceptors (Lipinski definition) is 1. The fraction of sp³-hybridized carbons (Fsp3) is 0. The number of benzene rings is 1. The Morgan fingerprint density at radius 2 is 1.93 bits per heavy atom. The molecule has 1 aromatic heterocycles. The van der Waals surface area contributed by atoms with Gasteiger partial charge in [-0.1, -0.05) is 0 Å². The van der Waals surface area contributed by atoms with Crippen molar-refractivity contribution in [2.24, 2.45) is 5.73 Å². The lowest BCUT2D eigenvalue weighted by molar-refractivity contribution is 0.0996. The number of carbonyl (C=O) groups excluding carboxylic acids is 1. The molecule has 0 bridgehead atoms. The van der Waals surface area contributed by atoms with Crippen molar-refractivity contribution in [2.75, 3.05) is 0 Å². The van der Waals surface area contributed by atoms with Crippen LogP contribution in [0.5, 0.6) is 0 Å². The van der Waals surface area contributed by atoms with E-state index in [9.17, 15) is 13.6 Å². The van der Waals surface area contributed by atoms with E-state index in [0.29, 0.717) is 0 Å². The molecule has 0 aliphatic rings. The van der Waals surface area contributed by atoms with Crippen LogP contribution in [0, 0.1) is 11.6 Å². The Balaban J connectivity index is 2.82. The van der Waals surface area contributed by atoms with Gasteiger partial charge in [0.2, 0.25) is 0 Å². The van der Waals surface area contributed by atoms with Gasteiger partial charge in [-0.15, -0.1) is 0 Å². The van der Waals surface area contributed by atoms with Crippen molar-refractivity contribution in [3.63, 3.8) is 0 Å². The smallest absolute Gasteiger partial charge is 0.265 e. The summed E-state index contributed by atoms with van der Waals surface area (Å²) in [7, 11) is 0. The molecule has 1 aromatic carbocycles. The maximum atomic E-state index is 13.1. The van der Waals surface area contributed by atoms with Crippen LogP contribution in [-0.2, 0) is 0 Å². The number of hydrogen-bond donors (Lipinski definition) is 2. The molecule has 0 aliphatic carbocycles. The molecule has 3 nitrogen and oxygen atoms in total. The van der Waals surface area contributed by atoms with Crippen molar-refractivity contribution in [3.05, 3.63) is 35.5 Å². The number of nitrogens with one attached hydrogen (secondary N) is 1. The zero-order valence-corrected chi connectivity index (χ0v) is 6.97. The van der Waals surface area contributed by atoms with E-state index in [1.54, 1.807) is 0 Å². The summed E-state index contributed by atoms with van der Waals surface area (Å²) in [5, 5.41) is 0.0267. The Hall–Kier alpha value is -1.91. The molecular weight excluding hydrogens is 190 g/mol. The molecule has 5 heteroatoms. The maximum Gasteiger partial charge on any atom is 0.265 e. The number of rotatable bonds is 1. The van der Waals surface area contributed by atoms with Crippen LogP contribution in [0.3, 0.4) is 0 Å². The summed E-state index contributed by atoms with van der Waals surface area (Å²) >= 11 is 0. The first-order chi connectivity index (χ1) is 6.59. The average Bonchev–Trinajstić information content (AvgIpc) is 2.57. The van der Waals surface area contributed by atoms with Gasteiger partial charge >= 0.3 is 0 Å². The van der Waals surface area contributed by atoms with Crippen LogP contribution in [-0.4, -0.2) is 10.9 Å². The maximum absolute atomic E-state index is 13.1. The molecule has 0 aliphatic heterocycles. The predicted octanol–water partition coefficient (Wildman–Crippen LogP) is 1.54. The topological polar surface area (TPSA) is 58.9 Å². The fourth-order valence-electron chi connectivity index (χ4n) is 1.28. The zero-order chi connectivity index (χ0) is 10.3. The van der Waals surface area contributed by atoms with Gasteiger partial charge < -0.3 is 10.7 Å². The van der Waals surface area contributed by atoms with E-state index in [1.165, 1.54) is 6.07 Å². The molecule has 1 amide bonds. The summed E-state index contributed by atoms with van der Waals surface area (Å²) in [6, 6.07) is 3.17. The Labute approximate surface area is 77.5 Å². The first-order valence-electron chi connectivity index (χ1n) is 3.86. The third-order valence-corrected chi connectivity index (χ3v) is 1.96. The molecule has 2 aromatic rings. The number of amides is 1. The molecule has 72 valence electrons. The lowest BCUT2D eigenvalue weighted by Gasteiger charge is -1.92. The van der Waals surface area contributed by atoms with Crippen molar-refractivity contribution in [2.45, 2.75) is 0 Å². The highest BCUT2D eigenvalue weighted by atomic mass is 19.1. The Morgan fingerprint density at radius 3 is 2.50 bits per heavy atom. The van der Waals surface area contributed by atoms with Gasteiger partial charge in [0.25, 0.3) is 5.91 Å². The molecule has 0 fully saturated rings. The third kappa shape index (κ3) is 1.14. The van der Waals surface area contributed by atoms with E-state index in [-0.39, 0.29) is 16.6 Å². The minimum absolute atomic E-state index is 0.0102. The molecule has 0 spiro atoms. The second kappa shape index (κ2) is 2.80. The van der Waals surface area contributed by atoms with E-state index >= 15 is 0 Å². The van der Waals surface area contributed by atoms with Crippen LogP contribution in [0.25, 0.3) is 10.9 Å². The Kier molecular flexibility index (Phi) is 1.73. The Bertz CT molecular complexity index is 480. The summed E-state index contributed by atoms with van der Waals surface area (Å²) in [5.41, 5.74) is 4.91. The van der Waals surface area contributed by atoms with Crippen molar-refractivity contribution in [3.8, 4) is 0 Å². The summed E-state index contributed by atoms with van der Waals surface area (Å²) < 4.78 is 26.2. The number of carbonyl (C=O) groups is 1. The van der Waals surface area contributed by atoms with Gasteiger partial charge in [-0.3, -0.25) is 4.79 Å². The van der Waals surface area contributed by atoms with Crippen molar-refractivity contribution >= 4 is 16.8 Å². The molecule has 14 heavy (non-hydrogen) atoms. The van der Waals surface area contributed by atoms with Crippen LogP contribution >= 0.6 is 0 Å². The summed E-state index contributed by atoms with van der Waals surface area (Å²) in [5.74, 6) is -1.96. The highest BCUT2D eigenvalue weighted by Gasteiger charge is 2.11. The first kappa shape index (κ1) is 8.68. The number of H-pyrrole nitrogens is 1. The van der Waals surface area contributed by atoms with E-state index in [2.05, 4.69) is 4.98 Å². The SMILES string of the molecule is NC(=O)c1cc2c(F)ccc(F)c2[nH]1. The van der Waals surface area contributed by atoms with Gasteiger partial charge in [-0.25, -0.2) is 8.78 Å². The van der Waals surface area contributed by atoms with Gasteiger partial charge in [0.1, 0.15) is 17.3 Å². The predicted molar refractivity (Wildman–Crippen MR) is 46.7 cm³/mol. The van der Waals surface area contributed by atoms with Crippen molar-refractivity contribution < 1.29 is 13.6 Å². The second-order valence-corrected chi connectivity index (χ2v) is 2.87. The van der Waals surface area contributed by atoms with Gasteiger partial charge in [-0.2, -0.15) is 0 Å². The lowest BCUT2D eigenvalue weighted by Crippen LogP contribution is -2.10. The molecule has 0 atom stereocenters. The summed E-state index contributed by atoms with van der Waals surface area (Å²) in [4.78, 5) is 13.2. The van der Waals surface area contributed by atoms with E-state index < -0.39 is 17.5 Å². The normalized spacial score (nSPS) is 10.7. The molecule has 3 N–H and O–H groups in total. The van der Waals surface area contributed by atoms with E-state index in [0.717, 1.165) is 12.1 Å². The molecule has 2 rings (SSSR count). The number of primary amides is 1. The molecule has 0 saturated heterocycles. The summed E-state index contributed by atoms with van der Waals surface area (Å²) in [6.45, 7) is 0. The zero-order valence-electron chi connectivity index (χ0n) is 6.97. The highest BCUT2D eigenvalue weighted by Crippen LogP contribution is 2.21. The number of halogens is 2. The van der Waals surface area contributed by atoms with Crippen LogP contribution in [0.4, 0.5) is 8.78 Å². The van der Waals surface area contributed by atoms with Crippen molar-refractivity contribution in [1.82, 2.24) is 4.98 Å². The fourth-order valence-corrected chi connectivity index (χ4v) is 1.28. The third-order valence-electron chi connectivity index (χ3n) is 1.96.